The van der Waals surface area contributed by atoms with Gasteiger partial charge in [0.2, 0.25) is 5.91 Å². The minimum atomic E-state index is -3.94. The van der Waals surface area contributed by atoms with Gasteiger partial charge in [-0.15, -0.1) is 23.7 Å². The largest absolute Gasteiger partial charge is 0.365 e. The molecule has 2 aromatic rings. The van der Waals surface area contributed by atoms with Gasteiger partial charge in [0.1, 0.15) is 16.6 Å². The number of primary amides is 1. The molecule has 0 saturated heterocycles. The molecule has 3 N–H and O–H groups in total. The van der Waals surface area contributed by atoms with Gasteiger partial charge in [-0.3, -0.25) is 14.5 Å². The zero-order chi connectivity index (χ0) is 20.5. The van der Waals surface area contributed by atoms with E-state index in [0.29, 0.717) is 13.0 Å². The van der Waals surface area contributed by atoms with E-state index < -0.39 is 33.2 Å². The number of carbonyl (C=O) groups excluding carboxylic acids is 2. The smallest absolute Gasteiger partial charge is 0.251 e. The molecule has 0 spiro atoms. The Morgan fingerprint density at radius 1 is 1.28 bits per heavy atom. The van der Waals surface area contributed by atoms with Crippen LogP contribution in [-0.2, 0) is 27.6 Å². The van der Waals surface area contributed by atoms with E-state index in [1.807, 2.05) is 6.92 Å². The maximum atomic E-state index is 13.0. The minimum Gasteiger partial charge on any atom is -0.365 e. The van der Waals surface area contributed by atoms with Crippen molar-refractivity contribution in [1.82, 2.24) is 4.90 Å². The maximum absolute atomic E-state index is 13.0. The number of nitrogens with two attached hydrogens (primary N) is 1. The summed E-state index contributed by atoms with van der Waals surface area (Å²) in [6.45, 7) is 4.34. The predicted octanol–water partition coefficient (Wildman–Crippen LogP) is 2.20. The summed E-state index contributed by atoms with van der Waals surface area (Å²) < 4.78 is 37.7. The van der Waals surface area contributed by atoms with Gasteiger partial charge in [-0.25, -0.2) is 12.8 Å². The molecule has 3 rings (SSSR count). The van der Waals surface area contributed by atoms with E-state index in [0.717, 1.165) is 47.8 Å². The van der Waals surface area contributed by atoms with Crippen molar-refractivity contribution in [3.63, 3.8) is 0 Å². The number of carbonyl (C=O) groups is 2. The average molecular weight is 462 g/mol. The van der Waals surface area contributed by atoms with Crippen LogP contribution in [0.3, 0.4) is 0 Å². The second kappa shape index (κ2) is 9.21. The quantitative estimate of drug-likeness (QED) is 0.641. The monoisotopic (exact) mass is 461 g/mol. The lowest BCUT2D eigenvalue weighted by molar-refractivity contribution is -0.113. The number of likely N-dealkylation sites (N-methyl/N-ethyl adjacent to an activating group) is 1. The van der Waals surface area contributed by atoms with Crippen molar-refractivity contribution in [2.45, 2.75) is 24.8 Å². The Bertz CT molecular complexity index is 1020. The minimum absolute atomic E-state index is 0. The first-order chi connectivity index (χ1) is 13.2. The lowest BCUT2D eigenvalue weighted by Crippen LogP contribution is -2.30. The Kier molecular flexibility index (Phi) is 7.39. The molecule has 0 saturated carbocycles. The summed E-state index contributed by atoms with van der Waals surface area (Å²) in [5.41, 5.74) is 6.58. The van der Waals surface area contributed by atoms with E-state index in [2.05, 4.69) is 10.2 Å². The summed E-state index contributed by atoms with van der Waals surface area (Å²) in [5, 5.41) is 2.80. The van der Waals surface area contributed by atoms with Crippen LogP contribution in [0.15, 0.2) is 29.2 Å². The third-order valence-electron chi connectivity index (χ3n) is 4.58. The number of sulfone groups is 1. The maximum Gasteiger partial charge on any atom is 0.251 e. The first-order valence-electron chi connectivity index (χ1n) is 8.66. The highest BCUT2D eigenvalue weighted by molar-refractivity contribution is 7.92. The van der Waals surface area contributed by atoms with Crippen molar-refractivity contribution in [2.24, 2.45) is 5.73 Å². The molecule has 1 aliphatic heterocycles. The Balaban J connectivity index is 0.00000300. The molecular formula is C18H21ClFN3O4S2. The Hall–Kier alpha value is -2.01. The third kappa shape index (κ3) is 5.13. The Labute approximate surface area is 178 Å². The zero-order valence-electron chi connectivity index (χ0n) is 15.6. The van der Waals surface area contributed by atoms with E-state index in [4.69, 9.17) is 5.73 Å². The van der Waals surface area contributed by atoms with Gasteiger partial charge in [-0.1, -0.05) is 6.92 Å². The van der Waals surface area contributed by atoms with Crippen LogP contribution in [-0.4, -0.2) is 44.0 Å². The van der Waals surface area contributed by atoms with E-state index in [9.17, 15) is 22.4 Å². The second-order valence-corrected chi connectivity index (χ2v) is 9.55. The Morgan fingerprint density at radius 3 is 2.52 bits per heavy atom. The molecule has 158 valence electrons. The van der Waals surface area contributed by atoms with Gasteiger partial charge >= 0.3 is 0 Å². The number of amides is 2. The summed E-state index contributed by atoms with van der Waals surface area (Å²) in [7, 11) is -3.94. The van der Waals surface area contributed by atoms with E-state index >= 15 is 0 Å². The molecule has 7 nitrogen and oxygen atoms in total. The van der Waals surface area contributed by atoms with Crippen LogP contribution in [0.5, 0.6) is 0 Å². The number of rotatable bonds is 6. The second-order valence-electron chi connectivity index (χ2n) is 6.45. The van der Waals surface area contributed by atoms with Crippen molar-refractivity contribution >= 4 is 50.4 Å². The fourth-order valence-corrected chi connectivity index (χ4v) is 5.58. The summed E-state index contributed by atoms with van der Waals surface area (Å²) in [6, 6.07) is 4.25. The van der Waals surface area contributed by atoms with Gasteiger partial charge in [0.05, 0.1) is 10.5 Å². The SMILES string of the molecule is CCN1CCc2c(sc(NC(=O)CS(=O)(=O)c3ccc(F)cc3)c2C(N)=O)C1.Cl. The van der Waals surface area contributed by atoms with Gasteiger partial charge in [0, 0.05) is 18.0 Å². The summed E-state index contributed by atoms with van der Waals surface area (Å²) >= 11 is 1.24. The first-order valence-corrected chi connectivity index (χ1v) is 11.1. The highest BCUT2D eigenvalue weighted by Crippen LogP contribution is 2.36. The number of hydrogen-bond acceptors (Lipinski definition) is 6. The zero-order valence-corrected chi connectivity index (χ0v) is 18.1. The first kappa shape index (κ1) is 23.3. The molecule has 2 heterocycles. The number of hydrogen-bond donors (Lipinski definition) is 2. The van der Waals surface area contributed by atoms with Crippen LogP contribution in [0.2, 0.25) is 0 Å². The van der Waals surface area contributed by atoms with Crippen molar-refractivity contribution in [2.75, 3.05) is 24.2 Å². The molecule has 0 bridgehead atoms. The van der Waals surface area contributed by atoms with Crippen LogP contribution in [0.25, 0.3) is 0 Å². The van der Waals surface area contributed by atoms with Crippen molar-refractivity contribution in [1.29, 1.82) is 0 Å². The lowest BCUT2D eigenvalue weighted by Gasteiger charge is -2.25. The molecule has 2 amide bonds. The van der Waals surface area contributed by atoms with E-state index in [-0.39, 0.29) is 27.9 Å². The summed E-state index contributed by atoms with van der Waals surface area (Å²) in [5.74, 6) is -2.82. The molecule has 11 heteroatoms. The van der Waals surface area contributed by atoms with Crippen LogP contribution in [0, 0.1) is 5.82 Å². The van der Waals surface area contributed by atoms with Gasteiger partial charge in [-0.2, -0.15) is 0 Å². The number of benzene rings is 1. The number of nitrogens with zero attached hydrogens (tertiary/aromatic N) is 1. The highest BCUT2D eigenvalue weighted by atomic mass is 35.5. The molecule has 29 heavy (non-hydrogen) atoms. The molecular weight excluding hydrogens is 441 g/mol. The van der Waals surface area contributed by atoms with Crippen molar-refractivity contribution < 1.29 is 22.4 Å². The van der Waals surface area contributed by atoms with Gasteiger partial charge < -0.3 is 11.1 Å². The number of nitrogens with one attached hydrogen (secondary N) is 1. The number of fused-ring (bicyclic) bond motifs is 1. The lowest BCUT2D eigenvalue weighted by atomic mass is 10.0. The number of anilines is 1. The van der Waals surface area contributed by atoms with Crippen molar-refractivity contribution in [3.05, 3.63) is 46.1 Å². The third-order valence-corrected chi connectivity index (χ3v) is 7.34. The molecule has 0 fully saturated rings. The Morgan fingerprint density at radius 2 is 1.93 bits per heavy atom. The molecule has 1 aromatic heterocycles. The fourth-order valence-electron chi connectivity index (χ4n) is 3.14. The van der Waals surface area contributed by atoms with Crippen LogP contribution in [0.4, 0.5) is 9.39 Å². The normalized spacial score (nSPS) is 14.0. The van der Waals surface area contributed by atoms with Crippen molar-refractivity contribution in [3.8, 4) is 0 Å². The van der Waals surface area contributed by atoms with Crippen LogP contribution in [0.1, 0.15) is 27.7 Å². The summed E-state index contributed by atoms with van der Waals surface area (Å²) in [4.78, 5) is 27.3. The summed E-state index contributed by atoms with van der Waals surface area (Å²) in [6.07, 6.45) is 0.641. The van der Waals surface area contributed by atoms with Gasteiger partial charge in [0.15, 0.2) is 9.84 Å². The molecule has 1 aliphatic rings. The molecule has 1 aromatic carbocycles. The topological polar surface area (TPSA) is 110 Å². The standard InChI is InChI=1S/C18H20FN3O4S2.ClH/c1-2-22-8-7-13-14(9-22)27-18(16(13)17(20)24)21-15(23)10-28(25,26)12-5-3-11(19)4-6-12;/h3-6H,2,7-10H2,1H3,(H2,20,24)(H,21,23);1H. The van der Waals surface area contributed by atoms with E-state index in [1.54, 1.807) is 0 Å². The fraction of sp³-hybridized carbons (Fsp3) is 0.333. The number of thiophene rings is 1. The predicted molar refractivity (Wildman–Crippen MR) is 112 cm³/mol. The average Bonchev–Trinajstić information content (AvgIpc) is 2.98. The van der Waals surface area contributed by atoms with Crippen LogP contribution < -0.4 is 11.1 Å². The van der Waals surface area contributed by atoms with Gasteiger partial charge in [0.25, 0.3) is 5.91 Å². The van der Waals surface area contributed by atoms with E-state index in [1.165, 1.54) is 11.3 Å². The molecule has 0 aliphatic carbocycles. The van der Waals surface area contributed by atoms with Gasteiger partial charge in [-0.05, 0) is 42.8 Å². The molecule has 0 atom stereocenters. The molecule has 0 radical (unpaired) electrons. The highest BCUT2D eigenvalue weighted by Gasteiger charge is 2.28. The molecule has 0 unspecified atom stereocenters. The number of halogens is 2. The van der Waals surface area contributed by atoms with Crippen LogP contribution >= 0.6 is 23.7 Å².